The van der Waals surface area contributed by atoms with Gasteiger partial charge < -0.3 is 17.9 Å². The molecule has 0 aliphatic heterocycles. The predicted octanol–water partition coefficient (Wildman–Crippen LogP) is -0.897. The number of nitrogens with one attached hydrogen (secondary N) is 1. The number of para-hydroxylation sites is 1. The minimum absolute atomic E-state index is 0. The molecule has 1 aromatic carbocycles. The van der Waals surface area contributed by atoms with Crippen LogP contribution in [0.1, 0.15) is 11.1 Å². The second-order valence-corrected chi connectivity index (χ2v) is 3.30. The molecule has 3 nitrogen and oxygen atoms in total. The third-order valence-electron chi connectivity index (χ3n) is 1.86. The van der Waals surface area contributed by atoms with Gasteiger partial charge in [0, 0.05) is 5.69 Å². The number of hydrogen-bond donors (Lipinski definition) is 1. The average molecular weight is 227 g/mol. The molecule has 5 heteroatoms. The summed E-state index contributed by atoms with van der Waals surface area (Å²) in [5.74, 6) is 0. The van der Waals surface area contributed by atoms with Gasteiger partial charge in [-0.2, -0.15) is 10.3 Å². The summed E-state index contributed by atoms with van der Waals surface area (Å²) in [4.78, 5) is 3.43. The zero-order chi connectivity index (χ0) is 10.6. The van der Waals surface area contributed by atoms with Crippen molar-refractivity contribution in [3.63, 3.8) is 0 Å². The number of aliphatic imine (C=N–C) groups is 1. The number of rotatable bonds is 1. The van der Waals surface area contributed by atoms with Gasteiger partial charge in [-0.1, -0.05) is 18.2 Å². The second kappa shape index (κ2) is 6.81. The van der Waals surface area contributed by atoms with Crippen LogP contribution >= 0.6 is 0 Å². The number of anilines is 1. The molecule has 0 fully saturated rings. The van der Waals surface area contributed by atoms with E-state index in [-0.39, 0.29) is 34.7 Å². The van der Waals surface area contributed by atoms with E-state index in [1.54, 1.807) is 6.19 Å². The minimum atomic E-state index is 0. The van der Waals surface area contributed by atoms with Crippen LogP contribution in [-0.4, -0.2) is 5.17 Å². The van der Waals surface area contributed by atoms with Crippen molar-refractivity contribution < 1.29 is 29.6 Å². The molecule has 0 aromatic heterocycles. The molecule has 1 rings (SSSR count). The number of nitrogens with zero attached hydrogens (tertiary/aromatic N) is 2. The Labute approximate surface area is 117 Å². The van der Waals surface area contributed by atoms with Crippen molar-refractivity contribution in [2.24, 2.45) is 4.99 Å². The molecule has 0 atom stereocenters. The molecule has 0 aliphatic rings. The summed E-state index contributed by atoms with van der Waals surface area (Å²) in [5, 5.41) is 11.4. The van der Waals surface area contributed by atoms with Gasteiger partial charge in [0.2, 0.25) is 6.19 Å². The Bertz CT molecular complexity index is 389. The molecule has 0 heterocycles. The van der Waals surface area contributed by atoms with Crippen molar-refractivity contribution in [3.05, 3.63) is 29.3 Å². The van der Waals surface area contributed by atoms with Crippen LogP contribution in [0, 0.1) is 25.3 Å². The Kier molecular flexibility index (Phi) is 6.53. The topological polar surface area (TPSA) is 48.2 Å². The molecule has 0 saturated carbocycles. The molecule has 0 saturated heterocycles. The summed E-state index contributed by atoms with van der Waals surface area (Å²) in [6.07, 6.45) is 1.65. The van der Waals surface area contributed by atoms with E-state index >= 15 is 0 Å². The van der Waals surface area contributed by atoms with E-state index in [9.17, 15) is 0 Å². The fourth-order valence-electron chi connectivity index (χ4n) is 1.19. The maximum absolute atomic E-state index is 8.31. The Morgan fingerprint density at radius 2 is 1.93 bits per heavy atom. The van der Waals surface area contributed by atoms with E-state index < -0.39 is 0 Å². The number of benzene rings is 1. The standard InChI is InChI=1S/C10H11N3S.Na/c1-7-4-3-5-8(2)9(7)13-10(14)12-6-11;/h3-5H,1-2H3,(H2,12,13,14);/q;+1/p-1. The van der Waals surface area contributed by atoms with Crippen molar-refractivity contribution in [1.82, 2.24) is 0 Å². The molecular weight excluding hydrogens is 217 g/mol. The number of amidine groups is 1. The van der Waals surface area contributed by atoms with Gasteiger partial charge in [-0.25, -0.2) is 0 Å². The van der Waals surface area contributed by atoms with Gasteiger partial charge in [-0.05, 0) is 30.1 Å². The van der Waals surface area contributed by atoms with Crippen LogP contribution in [0.5, 0.6) is 0 Å². The first-order valence-electron chi connectivity index (χ1n) is 4.12. The fraction of sp³-hybridized carbons (Fsp3) is 0.200. The smallest absolute Gasteiger partial charge is 0.742 e. The van der Waals surface area contributed by atoms with E-state index in [2.05, 4.69) is 10.3 Å². The van der Waals surface area contributed by atoms with E-state index in [1.807, 2.05) is 32.0 Å². The number of hydrogen-bond acceptors (Lipinski definition) is 3. The van der Waals surface area contributed by atoms with Gasteiger partial charge in [0.05, 0.1) is 0 Å². The van der Waals surface area contributed by atoms with Crippen LogP contribution in [0.15, 0.2) is 23.2 Å². The van der Waals surface area contributed by atoms with E-state index in [1.165, 1.54) is 0 Å². The molecule has 0 radical (unpaired) electrons. The van der Waals surface area contributed by atoms with Crippen molar-refractivity contribution in [2.75, 3.05) is 5.32 Å². The van der Waals surface area contributed by atoms with E-state index in [0.29, 0.717) is 0 Å². The average Bonchev–Trinajstić information content (AvgIpc) is 2.12. The molecule has 15 heavy (non-hydrogen) atoms. The molecular formula is C10H10N3NaS. The largest absolute Gasteiger partial charge is 1.00 e. The van der Waals surface area contributed by atoms with Crippen LogP contribution < -0.4 is 34.9 Å². The summed E-state index contributed by atoms with van der Waals surface area (Å²) < 4.78 is 0. The molecule has 1 N–H and O–H groups in total. The van der Waals surface area contributed by atoms with Crippen LogP contribution in [0.2, 0.25) is 0 Å². The predicted molar refractivity (Wildman–Crippen MR) is 60.0 cm³/mol. The van der Waals surface area contributed by atoms with Gasteiger partial charge in [-0.3, -0.25) is 0 Å². The minimum Gasteiger partial charge on any atom is -0.742 e. The summed E-state index contributed by atoms with van der Waals surface area (Å²) in [5.41, 5.74) is 3.09. The third kappa shape index (κ3) is 4.18. The first-order valence-corrected chi connectivity index (χ1v) is 4.53. The molecule has 0 aliphatic carbocycles. The van der Waals surface area contributed by atoms with Crippen molar-refractivity contribution in [2.45, 2.75) is 13.8 Å². The molecule has 0 amide bonds. The summed E-state index contributed by atoms with van der Waals surface area (Å²) in [6.45, 7) is 3.95. The zero-order valence-electron chi connectivity index (χ0n) is 9.03. The Hall–Kier alpha value is -0.600. The SMILES string of the molecule is Cc1cccc(C)c1NC([S-])=NC#N.[Na+]. The Morgan fingerprint density at radius 3 is 2.40 bits per heavy atom. The second-order valence-electron chi connectivity index (χ2n) is 2.91. The van der Waals surface area contributed by atoms with Crippen molar-refractivity contribution in [1.29, 1.82) is 5.26 Å². The van der Waals surface area contributed by atoms with Crippen LogP contribution in [0.4, 0.5) is 5.69 Å². The van der Waals surface area contributed by atoms with Crippen molar-refractivity contribution >= 4 is 23.5 Å². The monoisotopic (exact) mass is 227 g/mol. The van der Waals surface area contributed by atoms with Crippen molar-refractivity contribution in [3.8, 4) is 6.19 Å². The summed E-state index contributed by atoms with van der Waals surface area (Å²) >= 11 is 4.85. The normalized spacial score (nSPS) is 10.1. The van der Waals surface area contributed by atoms with Gasteiger partial charge in [0.15, 0.2) is 0 Å². The third-order valence-corrected chi connectivity index (χ3v) is 2.06. The number of nitriles is 1. The van der Waals surface area contributed by atoms with Gasteiger partial charge in [-0.15, -0.1) is 0 Å². The summed E-state index contributed by atoms with van der Waals surface area (Å²) in [7, 11) is 0. The molecule has 1 aromatic rings. The van der Waals surface area contributed by atoms with Crippen LogP contribution in [0.3, 0.4) is 0 Å². The zero-order valence-corrected chi connectivity index (χ0v) is 11.9. The maximum Gasteiger partial charge on any atom is 1.00 e. The van der Waals surface area contributed by atoms with E-state index in [4.69, 9.17) is 17.9 Å². The molecule has 0 unspecified atom stereocenters. The maximum atomic E-state index is 8.31. The Morgan fingerprint density at radius 1 is 1.40 bits per heavy atom. The molecule has 72 valence electrons. The Balaban J connectivity index is 0.00000196. The number of aryl methyl sites for hydroxylation is 2. The molecule has 0 spiro atoms. The van der Waals surface area contributed by atoms with Gasteiger partial charge >= 0.3 is 29.6 Å². The first kappa shape index (κ1) is 14.4. The van der Waals surface area contributed by atoms with Crippen LogP contribution in [-0.2, 0) is 12.6 Å². The summed E-state index contributed by atoms with van der Waals surface area (Å²) in [6, 6.07) is 5.93. The van der Waals surface area contributed by atoms with Crippen LogP contribution in [0.25, 0.3) is 0 Å². The van der Waals surface area contributed by atoms with Gasteiger partial charge in [0.1, 0.15) is 0 Å². The van der Waals surface area contributed by atoms with E-state index in [0.717, 1.165) is 16.8 Å². The first-order chi connectivity index (χ1) is 6.65. The quantitative estimate of drug-likeness (QED) is 0.222. The molecule has 0 bridgehead atoms. The van der Waals surface area contributed by atoms with Gasteiger partial charge in [0.25, 0.3) is 0 Å². The fourth-order valence-corrected chi connectivity index (χ4v) is 1.33.